The lowest BCUT2D eigenvalue weighted by atomic mass is 9.97. The van der Waals surface area contributed by atoms with Gasteiger partial charge in [0.25, 0.3) is 0 Å². The van der Waals surface area contributed by atoms with E-state index >= 15 is 0 Å². The standard InChI is InChI=1S/C16H22N2OS/c1-10-6-11(16(17)20)2-3-12(10)9-18-13-4-5-14(18)8-15(19)7-13/h2-3,6,13-15,19H,4-5,7-9H2,1H3,(H2,17,20). The molecule has 2 atom stereocenters. The molecule has 2 saturated heterocycles. The van der Waals surface area contributed by atoms with E-state index in [-0.39, 0.29) is 6.10 Å². The molecule has 4 heteroatoms. The van der Waals surface area contributed by atoms with Crippen molar-refractivity contribution in [1.82, 2.24) is 4.90 Å². The monoisotopic (exact) mass is 290 g/mol. The van der Waals surface area contributed by atoms with Crippen LogP contribution in [-0.2, 0) is 6.54 Å². The zero-order chi connectivity index (χ0) is 14.3. The zero-order valence-electron chi connectivity index (χ0n) is 11.9. The first kappa shape index (κ1) is 14.0. The van der Waals surface area contributed by atoms with Crippen LogP contribution >= 0.6 is 12.2 Å². The average Bonchev–Trinajstić information content (AvgIpc) is 2.63. The highest BCUT2D eigenvalue weighted by atomic mass is 32.1. The summed E-state index contributed by atoms with van der Waals surface area (Å²) in [4.78, 5) is 3.04. The van der Waals surface area contributed by atoms with Crippen molar-refractivity contribution in [2.24, 2.45) is 5.73 Å². The number of thiocarbonyl (C=S) groups is 1. The Labute approximate surface area is 125 Å². The smallest absolute Gasteiger partial charge is 0.103 e. The third-order valence-corrected chi connectivity index (χ3v) is 5.08. The lowest BCUT2D eigenvalue weighted by molar-refractivity contribution is 0.0309. The Hall–Kier alpha value is -0.970. The molecule has 0 aliphatic carbocycles. The van der Waals surface area contributed by atoms with Crippen molar-refractivity contribution in [3.05, 3.63) is 34.9 Å². The summed E-state index contributed by atoms with van der Waals surface area (Å²) in [5.74, 6) is 0. The van der Waals surface area contributed by atoms with Gasteiger partial charge in [0.1, 0.15) is 4.99 Å². The maximum absolute atomic E-state index is 9.87. The van der Waals surface area contributed by atoms with E-state index in [0.29, 0.717) is 17.1 Å². The minimum absolute atomic E-state index is 0.0955. The van der Waals surface area contributed by atoms with E-state index in [1.807, 2.05) is 6.07 Å². The molecule has 0 aromatic heterocycles. The van der Waals surface area contributed by atoms with Crippen LogP contribution in [0.4, 0.5) is 0 Å². The summed E-state index contributed by atoms with van der Waals surface area (Å²) >= 11 is 5.03. The summed E-state index contributed by atoms with van der Waals surface area (Å²) in [6.45, 7) is 3.10. The van der Waals surface area contributed by atoms with Crippen LogP contribution in [0.1, 0.15) is 42.4 Å². The quantitative estimate of drug-likeness (QED) is 0.837. The van der Waals surface area contributed by atoms with Crippen LogP contribution in [0.25, 0.3) is 0 Å². The van der Waals surface area contributed by atoms with Crippen LogP contribution < -0.4 is 5.73 Å². The number of benzene rings is 1. The summed E-state index contributed by atoms with van der Waals surface area (Å²) in [6, 6.07) is 7.36. The highest BCUT2D eigenvalue weighted by Gasteiger charge is 2.39. The van der Waals surface area contributed by atoms with Gasteiger partial charge in [-0.2, -0.15) is 0 Å². The molecule has 2 heterocycles. The van der Waals surface area contributed by atoms with Gasteiger partial charge in [-0.05, 0) is 49.8 Å². The minimum atomic E-state index is -0.0955. The number of aliphatic hydroxyl groups excluding tert-OH is 1. The lowest BCUT2D eigenvalue weighted by Crippen LogP contribution is -2.44. The van der Waals surface area contributed by atoms with Gasteiger partial charge in [-0.1, -0.05) is 24.4 Å². The first-order valence-corrected chi connectivity index (χ1v) is 7.78. The van der Waals surface area contributed by atoms with Crippen molar-refractivity contribution < 1.29 is 5.11 Å². The van der Waals surface area contributed by atoms with E-state index in [0.717, 1.165) is 24.9 Å². The van der Waals surface area contributed by atoms with Crippen LogP contribution in [-0.4, -0.2) is 33.2 Å². The average molecular weight is 290 g/mol. The lowest BCUT2D eigenvalue weighted by Gasteiger charge is -2.37. The predicted molar refractivity (Wildman–Crippen MR) is 84.7 cm³/mol. The molecule has 1 aromatic carbocycles. The van der Waals surface area contributed by atoms with Crippen molar-refractivity contribution in [3.8, 4) is 0 Å². The van der Waals surface area contributed by atoms with E-state index in [1.54, 1.807) is 0 Å². The highest BCUT2D eigenvalue weighted by Crippen LogP contribution is 2.37. The molecule has 3 N–H and O–H groups in total. The van der Waals surface area contributed by atoms with Crippen LogP contribution in [0.15, 0.2) is 18.2 Å². The van der Waals surface area contributed by atoms with Gasteiger partial charge in [-0.15, -0.1) is 0 Å². The number of nitrogens with zero attached hydrogens (tertiary/aromatic N) is 1. The molecule has 0 spiro atoms. The molecule has 2 aliphatic rings. The zero-order valence-corrected chi connectivity index (χ0v) is 12.7. The number of aliphatic hydroxyl groups is 1. The van der Waals surface area contributed by atoms with Gasteiger partial charge in [-0.3, -0.25) is 4.90 Å². The molecule has 108 valence electrons. The Morgan fingerprint density at radius 1 is 1.35 bits per heavy atom. The third-order valence-electron chi connectivity index (χ3n) is 4.84. The number of piperidine rings is 1. The fourth-order valence-corrected chi connectivity index (χ4v) is 3.85. The largest absolute Gasteiger partial charge is 0.393 e. The van der Waals surface area contributed by atoms with Gasteiger partial charge in [0.2, 0.25) is 0 Å². The maximum Gasteiger partial charge on any atom is 0.103 e. The third kappa shape index (κ3) is 2.60. The van der Waals surface area contributed by atoms with Gasteiger partial charge in [0.05, 0.1) is 6.10 Å². The molecule has 20 heavy (non-hydrogen) atoms. The van der Waals surface area contributed by atoms with E-state index in [4.69, 9.17) is 18.0 Å². The van der Waals surface area contributed by atoms with Crippen molar-refractivity contribution in [3.63, 3.8) is 0 Å². The SMILES string of the molecule is Cc1cc(C(N)=S)ccc1CN1C2CCC1CC(O)C2. The van der Waals surface area contributed by atoms with Gasteiger partial charge >= 0.3 is 0 Å². The van der Waals surface area contributed by atoms with E-state index in [1.165, 1.54) is 24.0 Å². The number of aryl methyl sites for hydroxylation is 1. The topological polar surface area (TPSA) is 49.5 Å². The first-order valence-electron chi connectivity index (χ1n) is 7.37. The normalized spacial score (nSPS) is 29.6. The molecule has 2 unspecified atom stereocenters. The van der Waals surface area contributed by atoms with Crippen molar-refractivity contribution in [1.29, 1.82) is 0 Å². The maximum atomic E-state index is 9.87. The van der Waals surface area contributed by atoms with Gasteiger partial charge in [0.15, 0.2) is 0 Å². The van der Waals surface area contributed by atoms with E-state index < -0.39 is 0 Å². The molecule has 2 bridgehead atoms. The van der Waals surface area contributed by atoms with Crippen molar-refractivity contribution in [2.75, 3.05) is 0 Å². The first-order chi connectivity index (χ1) is 9.54. The molecular weight excluding hydrogens is 268 g/mol. The Bertz CT molecular complexity index is 517. The van der Waals surface area contributed by atoms with Crippen LogP contribution in [0, 0.1) is 6.92 Å². The summed E-state index contributed by atoms with van der Waals surface area (Å²) in [7, 11) is 0. The van der Waals surface area contributed by atoms with Crippen molar-refractivity contribution in [2.45, 2.75) is 57.3 Å². The number of hydrogen-bond acceptors (Lipinski definition) is 3. The molecule has 0 radical (unpaired) electrons. The summed E-state index contributed by atoms with van der Waals surface area (Å²) in [5, 5.41) is 9.87. The van der Waals surface area contributed by atoms with E-state index in [2.05, 4.69) is 24.0 Å². The van der Waals surface area contributed by atoms with Gasteiger partial charge in [-0.25, -0.2) is 0 Å². The Balaban J connectivity index is 1.77. The summed E-state index contributed by atoms with van der Waals surface area (Å²) < 4.78 is 0. The van der Waals surface area contributed by atoms with Crippen molar-refractivity contribution >= 4 is 17.2 Å². The van der Waals surface area contributed by atoms with Crippen LogP contribution in [0.3, 0.4) is 0 Å². The molecule has 2 fully saturated rings. The summed E-state index contributed by atoms with van der Waals surface area (Å²) in [5.41, 5.74) is 9.22. The second-order valence-electron chi connectivity index (χ2n) is 6.19. The van der Waals surface area contributed by atoms with Crippen LogP contribution in [0.2, 0.25) is 0 Å². The fraction of sp³-hybridized carbons (Fsp3) is 0.562. The molecule has 2 aliphatic heterocycles. The molecular formula is C16H22N2OS. The number of nitrogens with two attached hydrogens (primary N) is 1. The second-order valence-corrected chi connectivity index (χ2v) is 6.63. The predicted octanol–water partition coefficient (Wildman–Crippen LogP) is 2.12. The number of rotatable bonds is 3. The van der Waals surface area contributed by atoms with E-state index in [9.17, 15) is 5.11 Å². The second kappa shape index (κ2) is 5.43. The molecule has 0 amide bonds. The highest BCUT2D eigenvalue weighted by molar-refractivity contribution is 7.80. The Morgan fingerprint density at radius 2 is 2.00 bits per heavy atom. The number of hydrogen-bond donors (Lipinski definition) is 2. The Morgan fingerprint density at radius 3 is 2.55 bits per heavy atom. The molecule has 0 saturated carbocycles. The minimum Gasteiger partial charge on any atom is -0.393 e. The fourth-order valence-electron chi connectivity index (χ4n) is 3.73. The molecule has 1 aromatic rings. The molecule has 3 rings (SSSR count). The number of fused-ring (bicyclic) bond motifs is 2. The van der Waals surface area contributed by atoms with Gasteiger partial charge < -0.3 is 10.8 Å². The Kier molecular flexibility index (Phi) is 3.80. The van der Waals surface area contributed by atoms with Gasteiger partial charge in [0, 0.05) is 24.2 Å². The molecule has 3 nitrogen and oxygen atoms in total. The van der Waals surface area contributed by atoms with Crippen LogP contribution in [0.5, 0.6) is 0 Å². The summed E-state index contributed by atoms with van der Waals surface area (Å²) in [6.07, 6.45) is 4.22.